The normalized spacial score (nSPS) is 12.8. The van der Waals surface area contributed by atoms with E-state index in [0.717, 1.165) is 17.0 Å². The van der Waals surface area contributed by atoms with Gasteiger partial charge in [0.15, 0.2) is 0 Å². The molecule has 1 atom stereocenters. The Bertz CT molecular complexity index is 575. The van der Waals surface area contributed by atoms with Crippen LogP contribution in [0.1, 0.15) is 20.3 Å². The van der Waals surface area contributed by atoms with Crippen LogP contribution in [-0.2, 0) is 14.8 Å². The van der Waals surface area contributed by atoms with E-state index < -0.39 is 10.0 Å². The van der Waals surface area contributed by atoms with Crippen molar-refractivity contribution in [3.8, 4) is 0 Å². The number of rotatable bonds is 6. The highest BCUT2D eigenvalue weighted by Gasteiger charge is 2.23. The summed E-state index contributed by atoms with van der Waals surface area (Å²) in [7, 11) is -3.59. The Morgan fingerprint density at radius 2 is 2.00 bits per heavy atom. The van der Waals surface area contributed by atoms with Gasteiger partial charge in [-0.2, -0.15) is 0 Å². The van der Waals surface area contributed by atoms with Crippen LogP contribution in [0.5, 0.6) is 0 Å². The average molecular weight is 319 g/mol. The quantitative estimate of drug-likeness (QED) is 0.872. The number of nitrogens with one attached hydrogen (secondary N) is 1. The Balaban J connectivity index is 2.99. The van der Waals surface area contributed by atoms with Crippen molar-refractivity contribution >= 4 is 33.2 Å². The standard InChI is InChI=1S/C13H19ClN2O3S/c1-4-10(2)15-13(17)9-16(20(3,18)19)12-8-6-5-7-11(12)14/h5-8,10H,4,9H2,1-3H3,(H,15,17)/t10-/m1/s1. The number of sulfonamides is 1. The molecule has 0 fully saturated rings. The topological polar surface area (TPSA) is 66.5 Å². The molecule has 0 aromatic heterocycles. The molecular formula is C13H19ClN2O3S. The molecule has 0 heterocycles. The van der Waals surface area contributed by atoms with Crippen molar-refractivity contribution in [2.75, 3.05) is 17.1 Å². The average Bonchev–Trinajstić information content (AvgIpc) is 2.35. The number of hydrogen-bond acceptors (Lipinski definition) is 3. The third kappa shape index (κ3) is 4.68. The molecule has 0 aliphatic rings. The Morgan fingerprint density at radius 3 is 2.50 bits per heavy atom. The number of halogens is 1. The molecule has 0 spiro atoms. The first kappa shape index (κ1) is 16.8. The van der Waals surface area contributed by atoms with E-state index in [4.69, 9.17) is 11.6 Å². The second kappa shape index (κ2) is 6.95. The summed E-state index contributed by atoms with van der Waals surface area (Å²) in [5.41, 5.74) is 0.302. The molecule has 0 aliphatic heterocycles. The van der Waals surface area contributed by atoms with Crippen molar-refractivity contribution in [3.05, 3.63) is 29.3 Å². The fourth-order valence-electron chi connectivity index (χ4n) is 1.59. The monoisotopic (exact) mass is 318 g/mol. The maximum absolute atomic E-state index is 11.9. The number of hydrogen-bond donors (Lipinski definition) is 1. The molecule has 0 bridgehead atoms. The molecule has 1 aromatic carbocycles. The van der Waals surface area contributed by atoms with Crippen molar-refractivity contribution in [2.24, 2.45) is 0 Å². The predicted molar refractivity (Wildman–Crippen MR) is 81.5 cm³/mol. The van der Waals surface area contributed by atoms with Crippen LogP contribution in [-0.4, -0.2) is 33.2 Å². The van der Waals surface area contributed by atoms with E-state index in [1.54, 1.807) is 24.3 Å². The first-order chi connectivity index (χ1) is 9.25. The highest BCUT2D eigenvalue weighted by molar-refractivity contribution is 7.92. The van der Waals surface area contributed by atoms with Gasteiger partial charge in [-0.05, 0) is 25.5 Å². The lowest BCUT2D eigenvalue weighted by molar-refractivity contribution is -0.120. The van der Waals surface area contributed by atoms with Crippen molar-refractivity contribution in [3.63, 3.8) is 0 Å². The maximum atomic E-state index is 11.9. The molecule has 1 rings (SSSR count). The molecule has 0 radical (unpaired) electrons. The van der Waals surface area contributed by atoms with Gasteiger partial charge in [0.05, 0.1) is 17.0 Å². The van der Waals surface area contributed by atoms with Crippen LogP contribution in [0.25, 0.3) is 0 Å². The highest BCUT2D eigenvalue weighted by Crippen LogP contribution is 2.26. The largest absolute Gasteiger partial charge is 0.352 e. The fourth-order valence-corrected chi connectivity index (χ4v) is 2.74. The van der Waals surface area contributed by atoms with Gasteiger partial charge in [0.1, 0.15) is 6.54 Å². The third-order valence-electron chi connectivity index (χ3n) is 2.83. The first-order valence-electron chi connectivity index (χ1n) is 6.27. The minimum atomic E-state index is -3.59. The number of benzene rings is 1. The van der Waals surface area contributed by atoms with Gasteiger partial charge in [-0.25, -0.2) is 8.42 Å². The minimum Gasteiger partial charge on any atom is -0.352 e. The zero-order valence-electron chi connectivity index (χ0n) is 11.8. The van der Waals surface area contributed by atoms with E-state index in [0.29, 0.717) is 5.69 Å². The molecule has 20 heavy (non-hydrogen) atoms. The van der Waals surface area contributed by atoms with Crippen LogP contribution in [0.2, 0.25) is 5.02 Å². The molecule has 7 heteroatoms. The van der Waals surface area contributed by atoms with Gasteiger partial charge < -0.3 is 5.32 Å². The molecule has 1 N–H and O–H groups in total. The van der Waals surface area contributed by atoms with E-state index in [1.165, 1.54) is 0 Å². The van der Waals surface area contributed by atoms with Gasteiger partial charge in [0.2, 0.25) is 15.9 Å². The molecule has 0 unspecified atom stereocenters. The van der Waals surface area contributed by atoms with Gasteiger partial charge in [-0.1, -0.05) is 30.7 Å². The lowest BCUT2D eigenvalue weighted by Crippen LogP contribution is -2.43. The van der Waals surface area contributed by atoms with Crippen molar-refractivity contribution in [1.82, 2.24) is 5.32 Å². The van der Waals surface area contributed by atoms with Crippen molar-refractivity contribution in [2.45, 2.75) is 26.3 Å². The summed E-state index contributed by atoms with van der Waals surface area (Å²) in [6, 6.07) is 6.52. The molecule has 112 valence electrons. The number of amides is 1. The zero-order chi connectivity index (χ0) is 15.3. The van der Waals surface area contributed by atoms with E-state index in [1.807, 2.05) is 13.8 Å². The van der Waals surface area contributed by atoms with E-state index in [2.05, 4.69) is 5.32 Å². The summed E-state index contributed by atoms with van der Waals surface area (Å²) in [5, 5.41) is 3.02. The van der Waals surface area contributed by atoms with Gasteiger partial charge in [0, 0.05) is 6.04 Å². The van der Waals surface area contributed by atoms with Gasteiger partial charge in [-0.15, -0.1) is 0 Å². The number of para-hydroxylation sites is 1. The fraction of sp³-hybridized carbons (Fsp3) is 0.462. The molecule has 5 nitrogen and oxygen atoms in total. The summed E-state index contributed by atoms with van der Waals surface area (Å²) < 4.78 is 24.7. The van der Waals surface area contributed by atoms with Crippen LogP contribution < -0.4 is 9.62 Å². The molecule has 1 aromatic rings. The van der Waals surface area contributed by atoms with E-state index >= 15 is 0 Å². The summed E-state index contributed by atoms with van der Waals surface area (Å²) in [6.45, 7) is 3.51. The molecule has 1 amide bonds. The lowest BCUT2D eigenvalue weighted by atomic mass is 10.2. The second-order valence-corrected chi connectivity index (χ2v) is 6.91. The van der Waals surface area contributed by atoms with Gasteiger partial charge in [-0.3, -0.25) is 9.10 Å². The third-order valence-corrected chi connectivity index (χ3v) is 4.27. The van der Waals surface area contributed by atoms with E-state index in [-0.39, 0.29) is 23.5 Å². The smallest absolute Gasteiger partial charge is 0.240 e. The number of anilines is 1. The van der Waals surface area contributed by atoms with Gasteiger partial charge >= 0.3 is 0 Å². The SMILES string of the molecule is CC[C@@H](C)NC(=O)CN(c1ccccc1Cl)S(C)(=O)=O. The Morgan fingerprint density at radius 1 is 1.40 bits per heavy atom. The second-order valence-electron chi connectivity index (χ2n) is 4.60. The predicted octanol–water partition coefficient (Wildman–Crippen LogP) is 2.02. The number of carbonyl (C=O) groups is 1. The van der Waals surface area contributed by atoms with E-state index in [9.17, 15) is 13.2 Å². The zero-order valence-corrected chi connectivity index (χ0v) is 13.3. The van der Waals surface area contributed by atoms with Crippen LogP contribution in [0, 0.1) is 0 Å². The maximum Gasteiger partial charge on any atom is 0.240 e. The lowest BCUT2D eigenvalue weighted by Gasteiger charge is -2.23. The summed E-state index contributed by atoms with van der Waals surface area (Å²) >= 11 is 6.00. The molecular weight excluding hydrogens is 300 g/mol. The van der Waals surface area contributed by atoms with Crippen molar-refractivity contribution < 1.29 is 13.2 Å². The van der Waals surface area contributed by atoms with Gasteiger partial charge in [0.25, 0.3) is 0 Å². The van der Waals surface area contributed by atoms with Crippen LogP contribution in [0.15, 0.2) is 24.3 Å². The minimum absolute atomic E-state index is 0.00449. The highest BCUT2D eigenvalue weighted by atomic mass is 35.5. The first-order valence-corrected chi connectivity index (χ1v) is 8.50. The number of nitrogens with zero attached hydrogens (tertiary/aromatic N) is 1. The van der Waals surface area contributed by atoms with Crippen LogP contribution in [0.4, 0.5) is 5.69 Å². The Labute approximate surface area is 125 Å². The molecule has 0 saturated carbocycles. The summed E-state index contributed by atoms with van der Waals surface area (Å²) in [5.74, 6) is -0.357. The number of carbonyl (C=O) groups excluding carboxylic acids is 1. The van der Waals surface area contributed by atoms with Crippen LogP contribution in [0.3, 0.4) is 0 Å². The molecule has 0 aliphatic carbocycles. The van der Waals surface area contributed by atoms with Crippen LogP contribution >= 0.6 is 11.6 Å². The summed E-state index contributed by atoms with van der Waals surface area (Å²) in [4.78, 5) is 11.9. The summed E-state index contributed by atoms with van der Waals surface area (Å²) in [6.07, 6.45) is 1.82. The Kier molecular flexibility index (Phi) is 5.83. The Hall–Kier alpha value is -1.27. The molecule has 0 saturated heterocycles. The van der Waals surface area contributed by atoms with Crippen molar-refractivity contribution in [1.29, 1.82) is 0 Å².